The first-order valence-corrected chi connectivity index (χ1v) is 7.09. The molecule has 1 fully saturated rings. The summed E-state index contributed by atoms with van der Waals surface area (Å²) in [4.78, 5) is 23.8. The molecular formula is C14H26N2O3. The van der Waals surface area contributed by atoms with Crippen molar-refractivity contribution in [2.45, 2.75) is 46.6 Å². The zero-order valence-electron chi connectivity index (χ0n) is 12.3. The molecule has 19 heavy (non-hydrogen) atoms. The quantitative estimate of drug-likeness (QED) is 0.678. The van der Waals surface area contributed by atoms with Gasteiger partial charge in [0, 0.05) is 6.54 Å². The van der Waals surface area contributed by atoms with Gasteiger partial charge >= 0.3 is 5.97 Å². The lowest BCUT2D eigenvalue weighted by atomic mass is 9.75. The highest BCUT2D eigenvalue weighted by Gasteiger charge is 2.45. The van der Waals surface area contributed by atoms with Gasteiger partial charge in [-0.3, -0.25) is 4.79 Å². The largest absolute Gasteiger partial charge is 0.480 e. The topological polar surface area (TPSA) is 78.4 Å². The van der Waals surface area contributed by atoms with Gasteiger partial charge in [0.05, 0.1) is 5.41 Å². The lowest BCUT2D eigenvalue weighted by Gasteiger charge is -2.33. The Morgan fingerprint density at radius 1 is 1.37 bits per heavy atom. The molecular weight excluding hydrogens is 244 g/mol. The summed E-state index contributed by atoms with van der Waals surface area (Å²) >= 11 is 0. The van der Waals surface area contributed by atoms with Crippen molar-refractivity contribution in [1.29, 1.82) is 0 Å². The molecule has 0 bridgehead atoms. The number of carboxylic acids is 1. The number of rotatable bonds is 6. The van der Waals surface area contributed by atoms with Gasteiger partial charge in [0.2, 0.25) is 5.91 Å². The van der Waals surface area contributed by atoms with Crippen molar-refractivity contribution in [3.05, 3.63) is 0 Å². The van der Waals surface area contributed by atoms with Crippen LogP contribution in [0.15, 0.2) is 0 Å². The number of carbonyl (C=O) groups excluding carboxylic acids is 1. The van der Waals surface area contributed by atoms with E-state index in [4.69, 9.17) is 0 Å². The molecule has 0 aliphatic carbocycles. The molecule has 0 aromatic heterocycles. The second-order valence-electron chi connectivity index (χ2n) is 5.91. The maximum absolute atomic E-state index is 12.5. The summed E-state index contributed by atoms with van der Waals surface area (Å²) in [7, 11) is 0. The monoisotopic (exact) mass is 270 g/mol. The number of hydrogen-bond acceptors (Lipinski definition) is 3. The Morgan fingerprint density at radius 2 is 2.00 bits per heavy atom. The van der Waals surface area contributed by atoms with E-state index in [-0.39, 0.29) is 17.7 Å². The predicted octanol–water partition coefficient (Wildman–Crippen LogP) is 1.24. The molecule has 5 nitrogen and oxygen atoms in total. The van der Waals surface area contributed by atoms with Crippen molar-refractivity contribution >= 4 is 11.9 Å². The Labute approximate surface area is 115 Å². The fourth-order valence-electron chi connectivity index (χ4n) is 2.63. The van der Waals surface area contributed by atoms with Crippen LogP contribution in [0.5, 0.6) is 0 Å². The standard InChI is InChI=1S/C14H26N2O3/c1-5-10(4)11(12(17)18)16-13(19)14(9(2)3)6-7-15-8-14/h9-11,15H,5-8H2,1-4H3,(H,16,19)(H,17,18)/t10-,11-,14?/m0/s1. The molecule has 1 heterocycles. The second kappa shape index (κ2) is 6.37. The molecule has 0 spiro atoms. The smallest absolute Gasteiger partial charge is 0.326 e. The molecule has 1 aliphatic rings. The summed E-state index contributed by atoms with van der Waals surface area (Å²) in [5.41, 5.74) is -0.471. The van der Waals surface area contributed by atoms with Gasteiger partial charge in [-0.05, 0) is 24.8 Å². The number of aliphatic carboxylic acids is 1. The Bertz CT molecular complexity index is 336. The van der Waals surface area contributed by atoms with Gasteiger partial charge in [-0.15, -0.1) is 0 Å². The average Bonchev–Trinajstić information content (AvgIpc) is 2.84. The third kappa shape index (κ3) is 3.26. The highest BCUT2D eigenvalue weighted by molar-refractivity contribution is 5.88. The maximum Gasteiger partial charge on any atom is 0.326 e. The van der Waals surface area contributed by atoms with Crippen molar-refractivity contribution in [2.24, 2.45) is 17.3 Å². The summed E-state index contributed by atoms with van der Waals surface area (Å²) < 4.78 is 0. The number of amides is 1. The van der Waals surface area contributed by atoms with E-state index >= 15 is 0 Å². The van der Waals surface area contributed by atoms with E-state index in [1.165, 1.54) is 0 Å². The number of carbonyl (C=O) groups is 2. The van der Waals surface area contributed by atoms with E-state index in [9.17, 15) is 14.7 Å². The minimum absolute atomic E-state index is 0.0694. The van der Waals surface area contributed by atoms with Crippen LogP contribution in [0.1, 0.15) is 40.5 Å². The van der Waals surface area contributed by atoms with E-state index in [0.29, 0.717) is 6.54 Å². The fourth-order valence-corrected chi connectivity index (χ4v) is 2.63. The van der Waals surface area contributed by atoms with Crippen LogP contribution in [-0.4, -0.2) is 36.1 Å². The molecule has 1 rings (SSSR count). The van der Waals surface area contributed by atoms with Crippen molar-refractivity contribution in [3.63, 3.8) is 0 Å². The molecule has 0 aromatic carbocycles. The zero-order valence-corrected chi connectivity index (χ0v) is 12.3. The van der Waals surface area contributed by atoms with Gasteiger partial charge in [0.1, 0.15) is 6.04 Å². The molecule has 1 amide bonds. The molecule has 0 aromatic rings. The summed E-state index contributed by atoms with van der Waals surface area (Å²) in [6.45, 7) is 9.27. The fraction of sp³-hybridized carbons (Fsp3) is 0.857. The molecule has 3 atom stereocenters. The number of carboxylic acid groups (broad SMARTS) is 1. The van der Waals surface area contributed by atoms with Crippen LogP contribution in [0, 0.1) is 17.3 Å². The minimum atomic E-state index is -0.951. The minimum Gasteiger partial charge on any atom is -0.480 e. The normalized spacial score (nSPS) is 26.2. The van der Waals surface area contributed by atoms with Crippen LogP contribution in [0.2, 0.25) is 0 Å². The molecule has 0 saturated carbocycles. The van der Waals surface area contributed by atoms with E-state index in [2.05, 4.69) is 10.6 Å². The van der Waals surface area contributed by atoms with E-state index in [1.807, 2.05) is 27.7 Å². The molecule has 1 saturated heterocycles. The van der Waals surface area contributed by atoms with Crippen LogP contribution < -0.4 is 10.6 Å². The molecule has 1 aliphatic heterocycles. The van der Waals surface area contributed by atoms with Gasteiger partial charge in [0.15, 0.2) is 0 Å². The third-order valence-electron chi connectivity index (χ3n) is 4.51. The van der Waals surface area contributed by atoms with Crippen LogP contribution in [0.3, 0.4) is 0 Å². The van der Waals surface area contributed by atoms with Crippen molar-refractivity contribution in [1.82, 2.24) is 10.6 Å². The summed E-state index contributed by atoms with van der Waals surface area (Å²) in [6, 6.07) is -0.797. The first-order chi connectivity index (χ1) is 8.85. The summed E-state index contributed by atoms with van der Waals surface area (Å²) in [5.74, 6) is -0.957. The van der Waals surface area contributed by atoms with Gasteiger partial charge < -0.3 is 15.7 Å². The van der Waals surface area contributed by atoms with Gasteiger partial charge in [-0.25, -0.2) is 4.79 Å². The van der Waals surface area contributed by atoms with Crippen LogP contribution in [0.25, 0.3) is 0 Å². The van der Waals surface area contributed by atoms with E-state index < -0.39 is 17.4 Å². The zero-order chi connectivity index (χ0) is 14.6. The Kier molecular flexibility index (Phi) is 5.35. The molecule has 5 heteroatoms. The van der Waals surface area contributed by atoms with Gasteiger partial charge in [0.25, 0.3) is 0 Å². The summed E-state index contributed by atoms with van der Waals surface area (Å²) in [6.07, 6.45) is 1.49. The number of nitrogens with one attached hydrogen (secondary N) is 2. The van der Waals surface area contributed by atoms with Crippen molar-refractivity contribution in [3.8, 4) is 0 Å². The van der Waals surface area contributed by atoms with Crippen LogP contribution in [-0.2, 0) is 9.59 Å². The SMILES string of the molecule is CC[C@H](C)[C@H](NC(=O)C1(C(C)C)CCNC1)C(=O)O. The number of hydrogen-bond donors (Lipinski definition) is 3. The molecule has 3 N–H and O–H groups in total. The van der Waals surface area contributed by atoms with Crippen molar-refractivity contribution < 1.29 is 14.7 Å². The molecule has 110 valence electrons. The molecule has 0 radical (unpaired) electrons. The second-order valence-corrected chi connectivity index (χ2v) is 5.91. The predicted molar refractivity (Wildman–Crippen MR) is 73.8 cm³/mol. The van der Waals surface area contributed by atoms with Crippen LogP contribution in [0.4, 0.5) is 0 Å². The maximum atomic E-state index is 12.5. The lowest BCUT2D eigenvalue weighted by molar-refractivity contribution is -0.146. The Morgan fingerprint density at radius 3 is 2.37 bits per heavy atom. The average molecular weight is 270 g/mol. The third-order valence-corrected chi connectivity index (χ3v) is 4.51. The Hall–Kier alpha value is -1.10. The Balaban J connectivity index is 2.83. The summed E-state index contributed by atoms with van der Waals surface area (Å²) in [5, 5.41) is 15.2. The molecule has 1 unspecified atom stereocenters. The highest BCUT2D eigenvalue weighted by Crippen LogP contribution is 2.34. The first-order valence-electron chi connectivity index (χ1n) is 7.09. The van der Waals surface area contributed by atoms with E-state index in [0.717, 1.165) is 19.4 Å². The lowest BCUT2D eigenvalue weighted by Crippen LogP contribution is -2.53. The van der Waals surface area contributed by atoms with Gasteiger partial charge in [-0.2, -0.15) is 0 Å². The van der Waals surface area contributed by atoms with Crippen molar-refractivity contribution in [2.75, 3.05) is 13.1 Å². The van der Waals surface area contributed by atoms with Gasteiger partial charge in [-0.1, -0.05) is 34.1 Å². The highest BCUT2D eigenvalue weighted by atomic mass is 16.4. The van der Waals surface area contributed by atoms with Crippen LogP contribution >= 0.6 is 0 Å². The first kappa shape index (κ1) is 16.0. The van der Waals surface area contributed by atoms with E-state index in [1.54, 1.807) is 0 Å².